The molecule has 2 aromatic carbocycles. The summed E-state index contributed by atoms with van der Waals surface area (Å²) in [6.07, 6.45) is 0.360. The number of benzene rings is 2. The van der Waals surface area contributed by atoms with Crippen molar-refractivity contribution in [3.05, 3.63) is 64.2 Å². The van der Waals surface area contributed by atoms with Crippen LogP contribution >= 0.6 is 0 Å². The van der Waals surface area contributed by atoms with Gasteiger partial charge in [-0.1, -0.05) is 37.3 Å². The smallest absolute Gasteiger partial charge is 0.345 e. The van der Waals surface area contributed by atoms with Gasteiger partial charge in [-0.2, -0.15) is 0 Å². The highest BCUT2D eigenvalue weighted by Crippen LogP contribution is 2.25. The Kier molecular flexibility index (Phi) is 5.43. The number of aryl methyl sites for hydroxylation is 3. The Bertz CT molecular complexity index is 704. The molecule has 0 aromatic heterocycles. The van der Waals surface area contributed by atoms with Crippen molar-refractivity contribution in [2.45, 2.75) is 46.6 Å². The molecule has 23 heavy (non-hydrogen) atoms. The topological polar surface area (TPSA) is 46.5 Å². The van der Waals surface area contributed by atoms with E-state index in [2.05, 4.69) is 13.0 Å². The van der Waals surface area contributed by atoms with Crippen molar-refractivity contribution < 1.29 is 14.6 Å². The van der Waals surface area contributed by atoms with Gasteiger partial charge >= 0.3 is 5.97 Å². The summed E-state index contributed by atoms with van der Waals surface area (Å²) in [5.41, 5.74) is 5.37. The molecule has 0 aliphatic heterocycles. The van der Waals surface area contributed by atoms with E-state index in [0.29, 0.717) is 12.2 Å². The van der Waals surface area contributed by atoms with Crippen LogP contribution in [0.4, 0.5) is 0 Å². The van der Waals surface area contributed by atoms with Crippen LogP contribution in [0.15, 0.2) is 36.4 Å². The van der Waals surface area contributed by atoms with Crippen LogP contribution in [0.1, 0.15) is 34.7 Å². The standard InChI is InChI=1S/C20H24O3/c1-5-16-8-6-7-9-17(16)12-19(20(21)22)23-18-11-13(2)10-14(3)15(18)4/h6-11,19H,5,12H2,1-4H3,(H,21,22)/t19-/m0/s1. The third-order valence-electron chi connectivity index (χ3n) is 4.21. The molecule has 1 N–H and O–H groups in total. The highest BCUT2D eigenvalue weighted by atomic mass is 16.5. The van der Waals surface area contributed by atoms with E-state index in [1.165, 1.54) is 5.56 Å². The summed E-state index contributed by atoms with van der Waals surface area (Å²) in [4.78, 5) is 11.7. The molecule has 122 valence electrons. The average molecular weight is 312 g/mol. The van der Waals surface area contributed by atoms with Gasteiger partial charge in [-0.15, -0.1) is 0 Å². The predicted molar refractivity (Wildman–Crippen MR) is 92.2 cm³/mol. The monoisotopic (exact) mass is 312 g/mol. The molecule has 3 heteroatoms. The Morgan fingerprint density at radius 3 is 2.39 bits per heavy atom. The molecule has 0 fully saturated rings. The molecule has 0 saturated carbocycles. The lowest BCUT2D eigenvalue weighted by Crippen LogP contribution is -2.30. The lowest BCUT2D eigenvalue weighted by molar-refractivity contribution is -0.145. The summed E-state index contributed by atoms with van der Waals surface area (Å²) in [6, 6.07) is 11.9. The number of carboxylic acid groups (broad SMARTS) is 1. The van der Waals surface area contributed by atoms with Crippen LogP contribution in [0, 0.1) is 20.8 Å². The van der Waals surface area contributed by atoms with Crippen molar-refractivity contribution in [3.63, 3.8) is 0 Å². The largest absolute Gasteiger partial charge is 0.478 e. The molecular formula is C20H24O3. The second-order valence-corrected chi connectivity index (χ2v) is 5.98. The Morgan fingerprint density at radius 2 is 1.78 bits per heavy atom. The van der Waals surface area contributed by atoms with Gasteiger partial charge < -0.3 is 9.84 Å². The van der Waals surface area contributed by atoms with Gasteiger partial charge in [0.1, 0.15) is 5.75 Å². The maximum atomic E-state index is 11.7. The second kappa shape index (κ2) is 7.32. The summed E-state index contributed by atoms with van der Waals surface area (Å²) < 4.78 is 5.87. The maximum absolute atomic E-state index is 11.7. The normalized spacial score (nSPS) is 12.0. The fourth-order valence-electron chi connectivity index (χ4n) is 2.76. The number of hydrogen-bond donors (Lipinski definition) is 1. The first kappa shape index (κ1) is 17.1. The van der Waals surface area contributed by atoms with E-state index in [9.17, 15) is 9.90 Å². The van der Waals surface area contributed by atoms with Crippen LogP contribution in [-0.4, -0.2) is 17.2 Å². The highest BCUT2D eigenvalue weighted by Gasteiger charge is 2.22. The molecule has 0 heterocycles. The molecule has 0 spiro atoms. The van der Waals surface area contributed by atoms with Crippen LogP contribution in [0.2, 0.25) is 0 Å². The first-order valence-electron chi connectivity index (χ1n) is 7.96. The van der Waals surface area contributed by atoms with E-state index in [1.807, 2.05) is 51.1 Å². The van der Waals surface area contributed by atoms with Crippen LogP contribution in [0.3, 0.4) is 0 Å². The van der Waals surface area contributed by atoms with Crippen LogP contribution < -0.4 is 4.74 Å². The zero-order valence-corrected chi connectivity index (χ0v) is 14.2. The third kappa shape index (κ3) is 4.13. The summed E-state index contributed by atoms with van der Waals surface area (Å²) in [5, 5.41) is 9.56. The molecule has 3 nitrogen and oxygen atoms in total. The fraction of sp³-hybridized carbons (Fsp3) is 0.350. The van der Waals surface area contributed by atoms with Gasteiger partial charge in [-0.3, -0.25) is 0 Å². The van der Waals surface area contributed by atoms with Crippen molar-refractivity contribution in [1.29, 1.82) is 0 Å². The van der Waals surface area contributed by atoms with E-state index in [0.717, 1.165) is 28.7 Å². The predicted octanol–water partition coefficient (Wildman–Crippen LogP) is 4.25. The molecule has 0 saturated heterocycles. The number of rotatable bonds is 6. The van der Waals surface area contributed by atoms with E-state index < -0.39 is 12.1 Å². The minimum Gasteiger partial charge on any atom is -0.478 e. The lowest BCUT2D eigenvalue weighted by atomic mass is 9.99. The van der Waals surface area contributed by atoms with Crippen molar-refractivity contribution in [3.8, 4) is 5.75 Å². The molecule has 0 bridgehead atoms. The third-order valence-corrected chi connectivity index (χ3v) is 4.21. The van der Waals surface area contributed by atoms with Crippen LogP contribution in [0.25, 0.3) is 0 Å². The molecular weight excluding hydrogens is 288 g/mol. The Morgan fingerprint density at radius 1 is 1.13 bits per heavy atom. The second-order valence-electron chi connectivity index (χ2n) is 5.98. The SMILES string of the molecule is CCc1ccccc1C[C@H](Oc1cc(C)cc(C)c1C)C(=O)O. The van der Waals surface area contributed by atoms with Crippen LogP contribution in [-0.2, 0) is 17.6 Å². The number of carbonyl (C=O) groups is 1. The van der Waals surface area contributed by atoms with Gasteiger partial charge in [0.05, 0.1) is 0 Å². The van der Waals surface area contributed by atoms with E-state index in [1.54, 1.807) is 0 Å². The average Bonchev–Trinajstić information content (AvgIpc) is 2.51. The molecule has 0 amide bonds. The van der Waals surface area contributed by atoms with Gasteiger partial charge in [-0.05, 0) is 61.1 Å². The number of hydrogen-bond acceptors (Lipinski definition) is 2. The quantitative estimate of drug-likeness (QED) is 0.867. The fourth-order valence-corrected chi connectivity index (χ4v) is 2.76. The van der Waals surface area contributed by atoms with E-state index in [-0.39, 0.29) is 0 Å². The summed E-state index contributed by atoms with van der Waals surface area (Å²) in [7, 11) is 0. The molecule has 0 aliphatic carbocycles. The molecule has 0 radical (unpaired) electrons. The van der Waals surface area contributed by atoms with Gasteiger partial charge in [-0.25, -0.2) is 4.79 Å². The Labute approximate surface area is 137 Å². The van der Waals surface area contributed by atoms with E-state index >= 15 is 0 Å². The van der Waals surface area contributed by atoms with Crippen molar-refractivity contribution in [1.82, 2.24) is 0 Å². The number of carboxylic acids is 1. The Balaban J connectivity index is 2.28. The lowest BCUT2D eigenvalue weighted by Gasteiger charge is -2.19. The minimum absolute atomic E-state index is 0.367. The first-order valence-corrected chi connectivity index (χ1v) is 7.96. The van der Waals surface area contributed by atoms with Gasteiger partial charge in [0.15, 0.2) is 6.10 Å². The highest BCUT2D eigenvalue weighted by molar-refractivity contribution is 5.73. The molecule has 2 aromatic rings. The number of aliphatic carboxylic acids is 1. The summed E-state index contributed by atoms with van der Waals surface area (Å²) in [6.45, 7) is 8.03. The van der Waals surface area contributed by atoms with Gasteiger partial charge in [0.25, 0.3) is 0 Å². The van der Waals surface area contributed by atoms with Crippen LogP contribution in [0.5, 0.6) is 5.75 Å². The maximum Gasteiger partial charge on any atom is 0.345 e. The van der Waals surface area contributed by atoms with Crippen molar-refractivity contribution in [2.24, 2.45) is 0 Å². The van der Waals surface area contributed by atoms with Crippen molar-refractivity contribution in [2.75, 3.05) is 0 Å². The summed E-state index contributed by atoms with van der Waals surface area (Å²) in [5.74, 6) is -0.279. The van der Waals surface area contributed by atoms with Gasteiger partial charge in [0.2, 0.25) is 0 Å². The number of ether oxygens (including phenoxy) is 1. The zero-order chi connectivity index (χ0) is 17.0. The van der Waals surface area contributed by atoms with Crippen molar-refractivity contribution >= 4 is 5.97 Å². The minimum atomic E-state index is -0.936. The zero-order valence-electron chi connectivity index (χ0n) is 14.2. The molecule has 1 atom stereocenters. The van der Waals surface area contributed by atoms with Gasteiger partial charge in [0, 0.05) is 6.42 Å². The summed E-state index contributed by atoms with van der Waals surface area (Å²) >= 11 is 0. The first-order chi connectivity index (χ1) is 10.9. The molecule has 2 rings (SSSR count). The van der Waals surface area contributed by atoms with E-state index in [4.69, 9.17) is 4.74 Å². The molecule has 0 aliphatic rings. The molecule has 0 unspecified atom stereocenters. The Hall–Kier alpha value is -2.29.